The van der Waals surface area contributed by atoms with Crippen molar-refractivity contribution < 1.29 is 0 Å². The number of aromatic nitrogens is 1. The van der Waals surface area contributed by atoms with E-state index >= 15 is 0 Å². The molecular weight excluding hydrogens is 136 g/mol. The molecule has 0 fully saturated rings. The van der Waals surface area contributed by atoms with Crippen LogP contribution in [-0.4, -0.2) is 4.98 Å². The largest absolute Gasteiger partial charge is 0.383 e. The number of hydrogen-bond acceptors (Lipinski definition) is 2. The third-order valence-electron chi connectivity index (χ3n) is 1.54. The molecule has 58 valence electrons. The normalized spacial score (nSPS) is 9.45. The van der Waals surface area contributed by atoms with Crippen LogP contribution in [-0.2, 0) is 6.42 Å². The van der Waals surface area contributed by atoms with E-state index in [4.69, 9.17) is 5.73 Å². The zero-order valence-electron chi connectivity index (χ0n) is 6.46. The molecule has 1 aromatic rings. The molecule has 2 N–H and O–H groups in total. The molecule has 1 rings (SSSR count). The first kappa shape index (κ1) is 7.79. The van der Waals surface area contributed by atoms with Crippen molar-refractivity contribution in [2.75, 3.05) is 5.73 Å². The Morgan fingerprint density at radius 1 is 1.64 bits per heavy atom. The predicted molar refractivity (Wildman–Crippen MR) is 47.2 cm³/mol. The Hall–Kier alpha value is -1.31. The summed E-state index contributed by atoms with van der Waals surface area (Å²) in [5.41, 5.74) is 6.72. The fourth-order valence-electron chi connectivity index (χ4n) is 0.920. The van der Waals surface area contributed by atoms with Gasteiger partial charge in [-0.3, -0.25) is 0 Å². The molecule has 0 atom stereocenters. The Balaban J connectivity index is 2.69. The molecule has 0 bridgehead atoms. The summed E-state index contributed by atoms with van der Waals surface area (Å²) < 4.78 is 0. The minimum absolute atomic E-state index is 0.634. The number of allylic oxidation sites excluding steroid dienone is 1. The molecule has 0 saturated heterocycles. The summed E-state index contributed by atoms with van der Waals surface area (Å²) in [7, 11) is 0. The van der Waals surface area contributed by atoms with Gasteiger partial charge in [0.15, 0.2) is 0 Å². The van der Waals surface area contributed by atoms with Crippen LogP contribution in [0.3, 0.4) is 0 Å². The van der Waals surface area contributed by atoms with Crippen LogP contribution < -0.4 is 5.73 Å². The quantitative estimate of drug-likeness (QED) is 0.663. The number of hydrogen-bond donors (Lipinski definition) is 1. The summed E-state index contributed by atoms with van der Waals surface area (Å²) >= 11 is 0. The van der Waals surface area contributed by atoms with E-state index in [1.54, 1.807) is 6.20 Å². The van der Waals surface area contributed by atoms with Gasteiger partial charge in [0.05, 0.1) is 0 Å². The maximum absolute atomic E-state index is 5.62. The van der Waals surface area contributed by atoms with Crippen molar-refractivity contribution in [3.63, 3.8) is 0 Å². The van der Waals surface area contributed by atoms with Gasteiger partial charge < -0.3 is 5.73 Å². The molecule has 1 aromatic heterocycles. The lowest BCUT2D eigenvalue weighted by atomic mass is 10.1. The second-order valence-electron chi connectivity index (χ2n) is 2.38. The lowest BCUT2D eigenvalue weighted by Crippen LogP contribution is -1.95. The molecule has 0 aliphatic heterocycles. The standard InChI is InChI=1S/C9H12N2/c1-2-3-5-8-6-4-7-11-9(8)10/h2,4,6-7H,1,3,5H2,(H2,10,11). The van der Waals surface area contributed by atoms with Gasteiger partial charge in [-0.1, -0.05) is 12.1 Å². The van der Waals surface area contributed by atoms with Crippen molar-refractivity contribution >= 4 is 5.82 Å². The third kappa shape index (κ3) is 2.08. The molecule has 2 heteroatoms. The van der Waals surface area contributed by atoms with Gasteiger partial charge in [0, 0.05) is 6.20 Å². The monoisotopic (exact) mass is 148 g/mol. The molecule has 0 spiro atoms. The number of nitrogens with two attached hydrogens (primary N) is 1. The van der Waals surface area contributed by atoms with Crippen LogP contribution >= 0.6 is 0 Å². The highest BCUT2D eigenvalue weighted by Gasteiger charge is 1.95. The number of aryl methyl sites for hydroxylation is 1. The van der Waals surface area contributed by atoms with Gasteiger partial charge in [-0.15, -0.1) is 6.58 Å². The Bertz CT molecular complexity index is 243. The van der Waals surface area contributed by atoms with E-state index in [0.717, 1.165) is 18.4 Å². The van der Waals surface area contributed by atoms with E-state index in [2.05, 4.69) is 11.6 Å². The summed E-state index contributed by atoms with van der Waals surface area (Å²) in [6.07, 6.45) is 5.47. The maximum atomic E-state index is 5.62. The SMILES string of the molecule is C=CCCc1cccnc1N. The second kappa shape index (κ2) is 3.76. The molecule has 11 heavy (non-hydrogen) atoms. The Kier molecular flexibility index (Phi) is 2.66. The predicted octanol–water partition coefficient (Wildman–Crippen LogP) is 1.78. The number of nitrogens with zero attached hydrogens (tertiary/aromatic N) is 1. The third-order valence-corrected chi connectivity index (χ3v) is 1.54. The zero-order valence-corrected chi connectivity index (χ0v) is 6.46. The van der Waals surface area contributed by atoms with Gasteiger partial charge in [0.25, 0.3) is 0 Å². The molecule has 0 amide bonds. The zero-order chi connectivity index (χ0) is 8.10. The topological polar surface area (TPSA) is 38.9 Å². The molecule has 0 saturated carbocycles. The highest BCUT2D eigenvalue weighted by Crippen LogP contribution is 2.09. The Labute approximate surface area is 66.8 Å². The number of rotatable bonds is 3. The molecular formula is C9H12N2. The highest BCUT2D eigenvalue weighted by molar-refractivity contribution is 5.38. The van der Waals surface area contributed by atoms with E-state index in [1.165, 1.54) is 0 Å². The molecule has 0 unspecified atom stereocenters. The Morgan fingerprint density at radius 3 is 3.09 bits per heavy atom. The first-order valence-corrected chi connectivity index (χ1v) is 3.65. The molecule has 0 aliphatic carbocycles. The lowest BCUT2D eigenvalue weighted by Gasteiger charge is -2.00. The van der Waals surface area contributed by atoms with E-state index in [1.807, 2.05) is 18.2 Å². The second-order valence-corrected chi connectivity index (χ2v) is 2.38. The fraction of sp³-hybridized carbons (Fsp3) is 0.222. The molecule has 1 heterocycles. The van der Waals surface area contributed by atoms with Crippen molar-refractivity contribution in [2.45, 2.75) is 12.8 Å². The van der Waals surface area contributed by atoms with Crippen molar-refractivity contribution in [2.24, 2.45) is 0 Å². The van der Waals surface area contributed by atoms with Crippen molar-refractivity contribution in [3.05, 3.63) is 36.5 Å². The van der Waals surface area contributed by atoms with E-state index in [-0.39, 0.29) is 0 Å². The number of pyridine rings is 1. The lowest BCUT2D eigenvalue weighted by molar-refractivity contribution is 0.995. The van der Waals surface area contributed by atoms with Crippen LogP contribution in [0.5, 0.6) is 0 Å². The molecule has 0 radical (unpaired) electrons. The van der Waals surface area contributed by atoms with E-state index in [0.29, 0.717) is 5.82 Å². The van der Waals surface area contributed by atoms with Crippen LogP contribution in [0.1, 0.15) is 12.0 Å². The fourth-order valence-corrected chi connectivity index (χ4v) is 0.920. The van der Waals surface area contributed by atoms with E-state index in [9.17, 15) is 0 Å². The van der Waals surface area contributed by atoms with E-state index < -0.39 is 0 Å². The van der Waals surface area contributed by atoms with Crippen LogP contribution in [0.15, 0.2) is 31.0 Å². The van der Waals surface area contributed by atoms with Crippen LogP contribution in [0.25, 0.3) is 0 Å². The molecule has 2 nitrogen and oxygen atoms in total. The van der Waals surface area contributed by atoms with Gasteiger partial charge in [-0.2, -0.15) is 0 Å². The maximum Gasteiger partial charge on any atom is 0.126 e. The van der Waals surface area contributed by atoms with Crippen LogP contribution in [0, 0.1) is 0 Å². The minimum atomic E-state index is 0.634. The Morgan fingerprint density at radius 2 is 2.45 bits per heavy atom. The van der Waals surface area contributed by atoms with Gasteiger partial charge in [-0.25, -0.2) is 4.98 Å². The first-order chi connectivity index (χ1) is 5.34. The number of anilines is 1. The van der Waals surface area contributed by atoms with Gasteiger partial charge in [0.1, 0.15) is 5.82 Å². The first-order valence-electron chi connectivity index (χ1n) is 3.65. The summed E-state index contributed by atoms with van der Waals surface area (Å²) in [6.45, 7) is 3.64. The minimum Gasteiger partial charge on any atom is -0.383 e. The summed E-state index contributed by atoms with van der Waals surface area (Å²) in [5.74, 6) is 0.634. The van der Waals surface area contributed by atoms with Crippen LogP contribution in [0.2, 0.25) is 0 Å². The summed E-state index contributed by atoms with van der Waals surface area (Å²) in [6, 6.07) is 3.89. The highest BCUT2D eigenvalue weighted by atomic mass is 14.8. The average Bonchev–Trinajstić information content (AvgIpc) is 2.03. The van der Waals surface area contributed by atoms with Gasteiger partial charge in [0.2, 0.25) is 0 Å². The van der Waals surface area contributed by atoms with Crippen molar-refractivity contribution in [3.8, 4) is 0 Å². The van der Waals surface area contributed by atoms with Crippen molar-refractivity contribution in [1.29, 1.82) is 0 Å². The van der Waals surface area contributed by atoms with Crippen molar-refractivity contribution in [1.82, 2.24) is 4.98 Å². The molecule has 0 aliphatic rings. The summed E-state index contributed by atoms with van der Waals surface area (Å²) in [4.78, 5) is 3.98. The average molecular weight is 148 g/mol. The van der Waals surface area contributed by atoms with Crippen LogP contribution in [0.4, 0.5) is 5.82 Å². The number of nitrogen functional groups attached to an aromatic ring is 1. The van der Waals surface area contributed by atoms with Gasteiger partial charge >= 0.3 is 0 Å². The smallest absolute Gasteiger partial charge is 0.126 e. The van der Waals surface area contributed by atoms with Gasteiger partial charge in [-0.05, 0) is 24.5 Å². The molecule has 0 aromatic carbocycles. The summed E-state index contributed by atoms with van der Waals surface area (Å²) in [5, 5.41) is 0.